The van der Waals surface area contributed by atoms with Crippen LogP contribution in [-0.4, -0.2) is 16.0 Å². The van der Waals surface area contributed by atoms with Gasteiger partial charge in [0.1, 0.15) is 23.0 Å². The van der Waals surface area contributed by atoms with Crippen molar-refractivity contribution < 1.29 is 24.3 Å². The molecular weight excluding hydrogens is 400 g/mol. The lowest BCUT2D eigenvalue weighted by molar-refractivity contribution is -0.384. The molecule has 0 aliphatic carbocycles. The monoisotopic (exact) mass is 428 g/mol. The molecule has 0 aliphatic heterocycles. The number of aliphatic hydroxyl groups is 1. The van der Waals surface area contributed by atoms with E-state index in [4.69, 9.17) is 15.2 Å². The van der Waals surface area contributed by atoms with Gasteiger partial charge in [0.15, 0.2) is 0 Å². The minimum Gasteiger partial charge on any atom is -0.509 e. The molecule has 0 heterocycles. The van der Waals surface area contributed by atoms with Crippen molar-refractivity contribution in [2.75, 3.05) is 5.73 Å². The molecule has 0 aliphatic rings. The third kappa shape index (κ3) is 6.21. The zero-order valence-electron chi connectivity index (χ0n) is 18.3. The zero-order valence-corrected chi connectivity index (χ0v) is 18.3. The number of benzene rings is 2. The quantitative estimate of drug-likeness (QED) is 0.144. The average molecular weight is 428 g/mol. The summed E-state index contributed by atoms with van der Waals surface area (Å²) in [6.45, 7) is 8.71. The maximum absolute atomic E-state index is 12.8. The number of nitrogen functional groups attached to an aromatic ring is 1. The van der Waals surface area contributed by atoms with Crippen molar-refractivity contribution in [2.45, 2.75) is 41.0 Å². The van der Waals surface area contributed by atoms with Gasteiger partial charge in [-0.25, -0.2) is 0 Å². The molecule has 166 valence electrons. The number of carbonyl (C=O) groups is 1. The van der Waals surface area contributed by atoms with Crippen LogP contribution in [0, 0.1) is 20.9 Å². The minimum absolute atomic E-state index is 0.00126. The van der Waals surface area contributed by atoms with Gasteiger partial charge in [-0.2, -0.15) is 0 Å². The Morgan fingerprint density at radius 2 is 1.45 bits per heavy atom. The van der Waals surface area contributed by atoms with Crippen LogP contribution in [0.15, 0.2) is 60.0 Å². The largest absolute Gasteiger partial charge is 0.509 e. The average Bonchev–Trinajstić information content (AvgIpc) is 2.66. The lowest BCUT2D eigenvalue weighted by Crippen LogP contribution is -2.36. The van der Waals surface area contributed by atoms with Gasteiger partial charge in [0.25, 0.3) is 5.69 Å². The highest BCUT2D eigenvalue weighted by atomic mass is 16.6. The number of allylic oxidation sites excluding steroid dienone is 2. The molecule has 2 aromatic rings. The molecule has 0 atom stereocenters. The zero-order chi connectivity index (χ0) is 23.4. The molecule has 8 nitrogen and oxygen atoms in total. The molecule has 0 unspecified atom stereocenters. The topological polar surface area (TPSA) is 125 Å². The highest BCUT2D eigenvalue weighted by molar-refractivity contribution is 5.78. The number of nitrogens with zero attached hydrogens (tertiary/aromatic N) is 1. The number of ether oxygens (including phenoxy) is 2. The van der Waals surface area contributed by atoms with Crippen LogP contribution < -0.4 is 15.2 Å². The molecule has 31 heavy (non-hydrogen) atoms. The maximum Gasteiger partial charge on any atom is 0.316 e. The van der Waals surface area contributed by atoms with Crippen molar-refractivity contribution >= 4 is 17.3 Å². The molecule has 0 saturated carbocycles. The van der Waals surface area contributed by atoms with Crippen molar-refractivity contribution in [3.63, 3.8) is 0 Å². The van der Waals surface area contributed by atoms with E-state index >= 15 is 0 Å². The summed E-state index contributed by atoms with van der Waals surface area (Å²) >= 11 is 0. The molecule has 0 fully saturated rings. The summed E-state index contributed by atoms with van der Waals surface area (Å²) in [5.41, 5.74) is 4.53. The van der Waals surface area contributed by atoms with E-state index < -0.39 is 21.7 Å². The number of hydrogen-bond acceptors (Lipinski definition) is 7. The summed E-state index contributed by atoms with van der Waals surface area (Å²) in [5, 5.41) is 21.0. The number of rotatable bonds is 8. The molecule has 2 aromatic carbocycles. The Labute approximate surface area is 181 Å². The lowest BCUT2D eigenvalue weighted by atomic mass is 9.73. The Kier molecular flexibility index (Phi) is 6.95. The molecule has 2 rings (SSSR count). The number of nitrogens with two attached hydrogens (primary N) is 1. The Morgan fingerprint density at radius 3 is 1.94 bits per heavy atom. The standard InChI is InChI=1S/C23H28N2O6/c1-15(26)20(30-18-10-6-16(24)7-11-18)22(2,3)14-23(4,5)21(27)31-19-12-8-17(9-13-19)25(28)29/h6-13,26H,14,24H2,1-5H3/b20-15-. The predicted octanol–water partition coefficient (Wildman–Crippen LogP) is 5.39. The van der Waals surface area contributed by atoms with E-state index in [1.807, 2.05) is 13.8 Å². The molecule has 0 amide bonds. The number of non-ortho nitro benzene ring substituents is 1. The van der Waals surface area contributed by atoms with Crippen LogP contribution in [0.4, 0.5) is 11.4 Å². The van der Waals surface area contributed by atoms with Gasteiger partial charge in [0.2, 0.25) is 0 Å². The van der Waals surface area contributed by atoms with Crippen molar-refractivity contribution in [2.24, 2.45) is 10.8 Å². The van der Waals surface area contributed by atoms with Crippen LogP contribution in [0.3, 0.4) is 0 Å². The van der Waals surface area contributed by atoms with Gasteiger partial charge in [-0.3, -0.25) is 14.9 Å². The van der Waals surface area contributed by atoms with Gasteiger partial charge in [-0.05, 0) is 63.6 Å². The number of anilines is 1. The van der Waals surface area contributed by atoms with E-state index in [9.17, 15) is 20.0 Å². The van der Waals surface area contributed by atoms with Crippen LogP contribution in [0.2, 0.25) is 0 Å². The van der Waals surface area contributed by atoms with E-state index in [1.54, 1.807) is 38.1 Å². The van der Waals surface area contributed by atoms with Gasteiger partial charge in [-0.15, -0.1) is 0 Å². The molecule has 8 heteroatoms. The molecule has 0 bridgehead atoms. The molecule has 0 aromatic heterocycles. The lowest BCUT2D eigenvalue weighted by Gasteiger charge is -2.34. The van der Waals surface area contributed by atoms with Crippen molar-refractivity contribution in [3.05, 3.63) is 70.2 Å². The number of hydrogen-bond donors (Lipinski definition) is 2. The van der Waals surface area contributed by atoms with Crippen molar-refractivity contribution in [3.8, 4) is 11.5 Å². The number of nitro groups is 1. The Morgan fingerprint density at radius 1 is 0.968 bits per heavy atom. The fourth-order valence-corrected chi connectivity index (χ4v) is 3.49. The van der Waals surface area contributed by atoms with Crippen LogP contribution in [-0.2, 0) is 4.79 Å². The van der Waals surface area contributed by atoms with Gasteiger partial charge in [-0.1, -0.05) is 13.8 Å². The summed E-state index contributed by atoms with van der Waals surface area (Å²) in [7, 11) is 0. The third-order valence-electron chi connectivity index (χ3n) is 4.74. The molecule has 3 N–H and O–H groups in total. The van der Waals surface area contributed by atoms with E-state index in [0.717, 1.165) is 0 Å². The first-order chi connectivity index (χ1) is 14.3. The second-order valence-corrected chi connectivity index (χ2v) is 8.67. The molecular formula is C23H28N2O6. The van der Waals surface area contributed by atoms with Crippen LogP contribution in [0.25, 0.3) is 0 Å². The van der Waals surface area contributed by atoms with Gasteiger partial charge in [0, 0.05) is 23.2 Å². The second kappa shape index (κ2) is 9.07. The summed E-state index contributed by atoms with van der Waals surface area (Å²) in [5.74, 6) is 0.553. The van der Waals surface area contributed by atoms with Crippen molar-refractivity contribution in [1.82, 2.24) is 0 Å². The fraction of sp³-hybridized carbons (Fsp3) is 0.348. The van der Waals surface area contributed by atoms with Crippen LogP contribution in [0.1, 0.15) is 41.0 Å². The first-order valence-corrected chi connectivity index (χ1v) is 9.72. The Bertz CT molecular complexity index is 972. The van der Waals surface area contributed by atoms with Gasteiger partial charge < -0.3 is 20.3 Å². The van der Waals surface area contributed by atoms with Gasteiger partial charge >= 0.3 is 5.97 Å². The maximum atomic E-state index is 12.8. The summed E-state index contributed by atoms with van der Waals surface area (Å²) < 4.78 is 11.4. The number of carbonyl (C=O) groups excluding carboxylic acids is 1. The molecule has 0 saturated heterocycles. The van der Waals surface area contributed by atoms with E-state index in [1.165, 1.54) is 31.2 Å². The summed E-state index contributed by atoms with van der Waals surface area (Å²) in [6, 6.07) is 12.1. The van der Waals surface area contributed by atoms with E-state index in [-0.39, 0.29) is 17.2 Å². The highest BCUT2D eigenvalue weighted by Crippen LogP contribution is 2.42. The van der Waals surface area contributed by atoms with Crippen molar-refractivity contribution in [1.29, 1.82) is 0 Å². The van der Waals surface area contributed by atoms with Crippen LogP contribution >= 0.6 is 0 Å². The SMILES string of the molecule is C/C(O)=C(/Oc1ccc(N)cc1)C(C)(C)CC(C)(C)C(=O)Oc1ccc([N+](=O)[O-])cc1. The molecule has 0 radical (unpaired) electrons. The number of aliphatic hydroxyl groups excluding tert-OH is 1. The highest BCUT2D eigenvalue weighted by Gasteiger charge is 2.40. The minimum atomic E-state index is -0.948. The summed E-state index contributed by atoms with van der Waals surface area (Å²) in [6.07, 6.45) is 0.300. The molecule has 0 spiro atoms. The first-order valence-electron chi connectivity index (χ1n) is 9.72. The number of esters is 1. The Hall–Kier alpha value is -3.55. The van der Waals surface area contributed by atoms with Gasteiger partial charge in [0.05, 0.1) is 10.3 Å². The second-order valence-electron chi connectivity index (χ2n) is 8.67. The Balaban J connectivity index is 2.17. The van der Waals surface area contributed by atoms with E-state index in [0.29, 0.717) is 23.6 Å². The fourth-order valence-electron chi connectivity index (χ4n) is 3.49. The number of nitro benzene ring substituents is 1. The predicted molar refractivity (Wildman–Crippen MR) is 118 cm³/mol. The van der Waals surface area contributed by atoms with E-state index in [2.05, 4.69) is 0 Å². The normalized spacial score (nSPS) is 12.7. The smallest absolute Gasteiger partial charge is 0.316 e. The summed E-state index contributed by atoms with van der Waals surface area (Å²) in [4.78, 5) is 23.1. The first kappa shape index (κ1) is 23.7. The third-order valence-corrected chi connectivity index (χ3v) is 4.74. The van der Waals surface area contributed by atoms with Crippen LogP contribution in [0.5, 0.6) is 11.5 Å².